The second kappa shape index (κ2) is 7.57. The molecule has 0 spiro atoms. The molecule has 1 aromatic rings. The molecule has 4 aliphatic rings. The second-order valence-electron chi connectivity index (χ2n) is 8.94. The smallest absolute Gasteiger partial charge is 0.278 e. The number of hydrazone groups is 1. The van der Waals surface area contributed by atoms with Crippen molar-refractivity contribution in [2.45, 2.75) is 51.5 Å². The van der Waals surface area contributed by atoms with E-state index < -0.39 is 16.9 Å². The van der Waals surface area contributed by atoms with E-state index in [1.165, 1.54) is 31.5 Å². The summed E-state index contributed by atoms with van der Waals surface area (Å²) in [6, 6.07) is 5.42. The number of hydrogen-bond donors (Lipinski definition) is 2. The van der Waals surface area contributed by atoms with Gasteiger partial charge in [-0.3, -0.25) is 19.7 Å². The van der Waals surface area contributed by atoms with E-state index in [0.29, 0.717) is 23.3 Å². The van der Waals surface area contributed by atoms with Gasteiger partial charge in [0.1, 0.15) is 6.04 Å². The van der Waals surface area contributed by atoms with Crippen molar-refractivity contribution in [1.82, 2.24) is 10.7 Å². The Bertz CT molecular complexity index is 831. The van der Waals surface area contributed by atoms with Crippen molar-refractivity contribution in [3.63, 3.8) is 0 Å². The van der Waals surface area contributed by atoms with Gasteiger partial charge in [-0.15, -0.1) is 0 Å². The van der Waals surface area contributed by atoms with Crippen molar-refractivity contribution in [1.29, 1.82) is 0 Å². The molecule has 0 radical (unpaired) electrons. The zero-order valence-electron chi connectivity index (χ0n) is 16.5. The van der Waals surface area contributed by atoms with E-state index in [0.717, 1.165) is 19.3 Å². The van der Waals surface area contributed by atoms with E-state index in [4.69, 9.17) is 0 Å². The molecule has 0 saturated heterocycles. The first-order chi connectivity index (χ1) is 13.9. The van der Waals surface area contributed by atoms with Crippen LogP contribution in [-0.2, 0) is 9.59 Å². The van der Waals surface area contributed by atoms with Crippen LogP contribution in [0.1, 0.15) is 51.0 Å². The first-order valence-electron chi connectivity index (χ1n) is 10.2. The van der Waals surface area contributed by atoms with Gasteiger partial charge in [-0.2, -0.15) is 5.10 Å². The Morgan fingerprint density at radius 1 is 1.17 bits per heavy atom. The minimum atomic E-state index is -0.724. The number of para-hydroxylation sites is 1. The lowest BCUT2D eigenvalue weighted by Crippen LogP contribution is -2.56. The fourth-order valence-corrected chi connectivity index (χ4v) is 5.83. The van der Waals surface area contributed by atoms with Crippen LogP contribution < -0.4 is 10.7 Å². The van der Waals surface area contributed by atoms with Gasteiger partial charge in [0.2, 0.25) is 5.91 Å². The number of nitrogens with zero attached hydrogens (tertiary/aromatic N) is 2. The Morgan fingerprint density at radius 2 is 1.76 bits per heavy atom. The summed E-state index contributed by atoms with van der Waals surface area (Å²) in [7, 11) is 0. The number of nitrogens with one attached hydrogen (secondary N) is 2. The SMILES string of the molecule is C[C@@H](NC(=O)C12CC3CC(CC(C3)C1)C2)C(=O)N/N=C\c1ccccc1[N+](=O)[O-]. The Hall–Kier alpha value is -2.77. The van der Waals surface area contributed by atoms with Crippen molar-refractivity contribution in [2.75, 3.05) is 0 Å². The van der Waals surface area contributed by atoms with Gasteiger partial charge in [0, 0.05) is 11.5 Å². The summed E-state index contributed by atoms with van der Waals surface area (Å²) in [4.78, 5) is 35.9. The van der Waals surface area contributed by atoms with E-state index in [-0.39, 0.29) is 17.0 Å². The van der Waals surface area contributed by atoms with E-state index >= 15 is 0 Å². The Labute approximate surface area is 169 Å². The molecule has 4 bridgehead atoms. The van der Waals surface area contributed by atoms with Crippen molar-refractivity contribution in [2.24, 2.45) is 28.3 Å². The molecule has 154 valence electrons. The lowest BCUT2D eigenvalue weighted by atomic mass is 9.49. The van der Waals surface area contributed by atoms with Crippen LogP contribution >= 0.6 is 0 Å². The predicted octanol–water partition coefficient (Wildman–Crippen LogP) is 2.77. The molecule has 0 aliphatic heterocycles. The van der Waals surface area contributed by atoms with Crippen LogP contribution in [0.5, 0.6) is 0 Å². The molecule has 5 rings (SSSR count). The number of hydrogen-bond acceptors (Lipinski definition) is 5. The molecule has 1 aromatic carbocycles. The van der Waals surface area contributed by atoms with Crippen LogP contribution in [0.15, 0.2) is 29.4 Å². The number of benzene rings is 1. The number of carbonyl (C=O) groups is 2. The average Bonchev–Trinajstić information content (AvgIpc) is 2.67. The average molecular weight is 398 g/mol. The number of nitro groups is 1. The zero-order valence-corrected chi connectivity index (χ0v) is 16.5. The summed E-state index contributed by atoms with van der Waals surface area (Å²) < 4.78 is 0. The molecule has 2 N–H and O–H groups in total. The van der Waals surface area contributed by atoms with Crippen molar-refractivity contribution >= 4 is 23.7 Å². The molecular formula is C21H26N4O4. The highest BCUT2D eigenvalue weighted by Gasteiger charge is 2.54. The van der Waals surface area contributed by atoms with E-state index in [1.54, 1.807) is 25.1 Å². The molecule has 2 amide bonds. The third-order valence-corrected chi connectivity index (χ3v) is 6.77. The standard InChI is InChI=1S/C21H26N4O4/c1-13(19(26)24-22-12-17-4-2-3-5-18(17)25(28)29)23-20(27)21-9-14-6-15(10-21)8-16(7-14)11-21/h2-5,12-16H,6-11H2,1H3,(H,23,27)(H,24,26)/b22-12-/t13-,14?,15?,16?,21?/m1/s1. The third kappa shape index (κ3) is 3.88. The Kier molecular flexibility index (Phi) is 5.10. The van der Waals surface area contributed by atoms with Crippen LogP contribution in [0, 0.1) is 33.3 Å². The highest BCUT2D eigenvalue weighted by Crippen LogP contribution is 2.60. The molecule has 0 heterocycles. The monoisotopic (exact) mass is 398 g/mol. The highest BCUT2D eigenvalue weighted by atomic mass is 16.6. The highest BCUT2D eigenvalue weighted by molar-refractivity contribution is 5.91. The lowest BCUT2D eigenvalue weighted by Gasteiger charge is -2.55. The second-order valence-corrected chi connectivity index (χ2v) is 8.94. The summed E-state index contributed by atoms with van der Waals surface area (Å²) in [5.74, 6) is 1.51. The fraction of sp³-hybridized carbons (Fsp3) is 0.571. The maximum Gasteiger partial charge on any atom is 0.278 e. The van der Waals surface area contributed by atoms with Crippen LogP contribution in [0.25, 0.3) is 0 Å². The molecule has 4 fully saturated rings. The van der Waals surface area contributed by atoms with Crippen molar-refractivity contribution in [3.8, 4) is 0 Å². The predicted molar refractivity (Wildman–Crippen MR) is 107 cm³/mol. The number of amides is 2. The third-order valence-electron chi connectivity index (χ3n) is 6.77. The zero-order chi connectivity index (χ0) is 20.6. The van der Waals surface area contributed by atoms with Gasteiger partial charge in [-0.25, -0.2) is 5.43 Å². The van der Waals surface area contributed by atoms with Crippen molar-refractivity contribution < 1.29 is 14.5 Å². The molecule has 8 heteroatoms. The molecule has 8 nitrogen and oxygen atoms in total. The van der Waals surface area contributed by atoms with Crippen LogP contribution in [0.3, 0.4) is 0 Å². The Balaban J connectivity index is 1.34. The van der Waals surface area contributed by atoms with Gasteiger partial charge in [-0.05, 0) is 69.3 Å². The van der Waals surface area contributed by atoms with Crippen molar-refractivity contribution in [3.05, 3.63) is 39.9 Å². The Morgan fingerprint density at radius 3 is 2.34 bits per heavy atom. The van der Waals surface area contributed by atoms with Crippen LogP contribution in [0.2, 0.25) is 0 Å². The van der Waals surface area contributed by atoms with Gasteiger partial charge in [0.15, 0.2) is 0 Å². The van der Waals surface area contributed by atoms with Gasteiger partial charge >= 0.3 is 0 Å². The largest absolute Gasteiger partial charge is 0.344 e. The molecular weight excluding hydrogens is 372 g/mol. The van der Waals surface area contributed by atoms with E-state index in [9.17, 15) is 19.7 Å². The fourth-order valence-electron chi connectivity index (χ4n) is 5.83. The molecule has 4 aliphatic carbocycles. The van der Waals surface area contributed by atoms with E-state index in [2.05, 4.69) is 15.8 Å². The molecule has 4 saturated carbocycles. The molecule has 0 aromatic heterocycles. The maximum atomic E-state index is 13.0. The first-order valence-corrected chi connectivity index (χ1v) is 10.2. The van der Waals surface area contributed by atoms with Gasteiger partial charge in [0.05, 0.1) is 16.7 Å². The topological polar surface area (TPSA) is 114 Å². The number of nitro benzene ring substituents is 1. The molecule has 29 heavy (non-hydrogen) atoms. The maximum absolute atomic E-state index is 13.0. The van der Waals surface area contributed by atoms with Gasteiger partial charge in [-0.1, -0.05) is 12.1 Å². The summed E-state index contributed by atoms with van der Waals surface area (Å²) in [6.07, 6.45) is 7.82. The summed E-state index contributed by atoms with van der Waals surface area (Å²) >= 11 is 0. The quantitative estimate of drug-likeness (QED) is 0.436. The van der Waals surface area contributed by atoms with Crippen LogP contribution in [0.4, 0.5) is 5.69 Å². The normalized spacial score (nSPS) is 30.9. The lowest BCUT2D eigenvalue weighted by molar-refractivity contribution is -0.385. The molecule has 0 unspecified atom stereocenters. The van der Waals surface area contributed by atoms with E-state index in [1.807, 2.05) is 0 Å². The minimum Gasteiger partial charge on any atom is -0.344 e. The summed E-state index contributed by atoms with van der Waals surface area (Å²) in [5, 5.41) is 17.7. The van der Waals surface area contributed by atoms with Gasteiger partial charge < -0.3 is 5.32 Å². The summed E-state index contributed by atoms with van der Waals surface area (Å²) in [5.41, 5.74) is 2.27. The van der Waals surface area contributed by atoms with Gasteiger partial charge in [0.25, 0.3) is 11.6 Å². The minimum absolute atomic E-state index is 0.0121. The summed E-state index contributed by atoms with van der Waals surface area (Å²) in [6.45, 7) is 1.63. The first kappa shape index (κ1) is 19.5. The number of carbonyl (C=O) groups excluding carboxylic acids is 2. The van der Waals surface area contributed by atoms with Crippen LogP contribution in [-0.4, -0.2) is 29.0 Å². The molecule has 1 atom stereocenters. The number of rotatable bonds is 6.